The second kappa shape index (κ2) is 8.02. The third kappa shape index (κ3) is 4.11. The molecule has 1 amide bonds. The maximum atomic E-state index is 13.0. The van der Waals surface area contributed by atoms with Crippen LogP contribution in [-0.2, 0) is 26.1 Å². The first-order valence-corrected chi connectivity index (χ1v) is 10.6. The lowest BCUT2D eigenvalue weighted by Crippen LogP contribution is -2.41. The SMILES string of the molecule is Cc1ccc(NC(=O)Cn2nc(C)c(S(=O)(=O)N3CCOCC3)c2C)c(C)c1. The number of hydrogen-bond acceptors (Lipinski definition) is 5. The zero-order valence-corrected chi connectivity index (χ0v) is 17.5. The van der Waals surface area contributed by atoms with E-state index in [1.165, 1.54) is 8.99 Å². The van der Waals surface area contributed by atoms with Crippen LogP contribution >= 0.6 is 0 Å². The summed E-state index contributed by atoms with van der Waals surface area (Å²) in [5, 5.41) is 7.18. The Labute approximate surface area is 165 Å². The Morgan fingerprint density at radius 1 is 1.18 bits per heavy atom. The number of aryl methyl sites for hydroxylation is 3. The molecule has 0 saturated carbocycles. The highest BCUT2D eigenvalue weighted by Crippen LogP contribution is 2.24. The second-order valence-electron chi connectivity index (χ2n) is 7.04. The third-order valence-corrected chi connectivity index (χ3v) is 6.98. The molecule has 0 spiro atoms. The number of carbonyl (C=O) groups is 1. The van der Waals surface area contributed by atoms with E-state index in [0.29, 0.717) is 37.7 Å². The summed E-state index contributed by atoms with van der Waals surface area (Å²) in [7, 11) is -3.67. The number of hydrogen-bond donors (Lipinski definition) is 1. The molecule has 1 fully saturated rings. The zero-order valence-electron chi connectivity index (χ0n) is 16.7. The summed E-state index contributed by atoms with van der Waals surface area (Å²) in [4.78, 5) is 12.7. The highest BCUT2D eigenvalue weighted by atomic mass is 32.2. The van der Waals surface area contributed by atoms with Gasteiger partial charge in [0.1, 0.15) is 11.4 Å². The predicted molar refractivity (Wildman–Crippen MR) is 106 cm³/mol. The number of anilines is 1. The summed E-state index contributed by atoms with van der Waals surface area (Å²) in [5.41, 5.74) is 3.67. The molecule has 9 heteroatoms. The van der Waals surface area contributed by atoms with Crippen molar-refractivity contribution >= 4 is 21.6 Å². The fourth-order valence-corrected chi connectivity index (χ4v) is 5.18. The molecule has 0 aliphatic carbocycles. The highest BCUT2D eigenvalue weighted by Gasteiger charge is 2.32. The molecule has 8 nitrogen and oxygen atoms in total. The number of nitrogens with zero attached hydrogens (tertiary/aromatic N) is 3. The molecular formula is C19H26N4O4S. The molecule has 28 heavy (non-hydrogen) atoms. The zero-order chi connectivity index (χ0) is 20.5. The predicted octanol–water partition coefficient (Wildman–Crippen LogP) is 1.78. The highest BCUT2D eigenvalue weighted by molar-refractivity contribution is 7.89. The van der Waals surface area contributed by atoms with Crippen LogP contribution in [0.2, 0.25) is 0 Å². The van der Waals surface area contributed by atoms with Gasteiger partial charge in [0.25, 0.3) is 0 Å². The van der Waals surface area contributed by atoms with E-state index in [1.807, 2.05) is 32.0 Å². The maximum Gasteiger partial charge on any atom is 0.246 e. The fraction of sp³-hybridized carbons (Fsp3) is 0.474. The van der Waals surface area contributed by atoms with Crippen LogP contribution in [0.25, 0.3) is 0 Å². The lowest BCUT2D eigenvalue weighted by molar-refractivity contribution is -0.116. The van der Waals surface area contributed by atoms with E-state index in [-0.39, 0.29) is 17.3 Å². The van der Waals surface area contributed by atoms with Crippen LogP contribution in [0.3, 0.4) is 0 Å². The van der Waals surface area contributed by atoms with Gasteiger partial charge in [0, 0.05) is 18.8 Å². The van der Waals surface area contributed by atoms with Crippen LogP contribution in [0, 0.1) is 27.7 Å². The largest absolute Gasteiger partial charge is 0.379 e. The molecule has 1 aliphatic heterocycles. The number of aromatic nitrogens is 2. The summed E-state index contributed by atoms with van der Waals surface area (Å²) in [5.74, 6) is -0.257. The van der Waals surface area contributed by atoms with Gasteiger partial charge in [0.05, 0.1) is 24.6 Å². The molecule has 3 rings (SSSR count). The average Bonchev–Trinajstić information content (AvgIpc) is 2.92. The molecule has 1 aliphatic rings. The van der Waals surface area contributed by atoms with Crippen LogP contribution in [0.15, 0.2) is 23.1 Å². The van der Waals surface area contributed by atoms with Crippen LogP contribution < -0.4 is 5.32 Å². The Morgan fingerprint density at radius 2 is 1.86 bits per heavy atom. The molecule has 1 N–H and O–H groups in total. The normalized spacial score (nSPS) is 15.6. The minimum atomic E-state index is -3.67. The van der Waals surface area contributed by atoms with Gasteiger partial charge in [-0.25, -0.2) is 8.42 Å². The molecule has 2 aromatic rings. The summed E-state index contributed by atoms with van der Waals surface area (Å²) >= 11 is 0. The number of sulfonamides is 1. The smallest absolute Gasteiger partial charge is 0.246 e. The van der Waals surface area contributed by atoms with Crippen LogP contribution in [-0.4, -0.2) is 54.7 Å². The van der Waals surface area contributed by atoms with Crippen molar-refractivity contribution in [3.63, 3.8) is 0 Å². The van der Waals surface area contributed by atoms with Crippen molar-refractivity contribution in [3.05, 3.63) is 40.7 Å². The number of benzene rings is 1. The fourth-order valence-electron chi connectivity index (χ4n) is 3.40. The lowest BCUT2D eigenvalue weighted by Gasteiger charge is -2.26. The van der Waals surface area contributed by atoms with Crippen molar-refractivity contribution in [1.29, 1.82) is 0 Å². The molecule has 1 aromatic heterocycles. The van der Waals surface area contributed by atoms with Crippen molar-refractivity contribution in [3.8, 4) is 0 Å². The monoisotopic (exact) mass is 406 g/mol. The molecule has 0 atom stereocenters. The van der Waals surface area contributed by atoms with E-state index < -0.39 is 10.0 Å². The van der Waals surface area contributed by atoms with Crippen LogP contribution in [0.4, 0.5) is 5.69 Å². The van der Waals surface area contributed by atoms with Crippen LogP contribution in [0.5, 0.6) is 0 Å². The van der Waals surface area contributed by atoms with E-state index in [4.69, 9.17) is 4.74 Å². The van der Waals surface area contributed by atoms with Gasteiger partial charge in [-0.1, -0.05) is 17.7 Å². The van der Waals surface area contributed by atoms with Crippen molar-refractivity contribution < 1.29 is 17.9 Å². The standard InChI is InChI=1S/C19H26N4O4S/c1-13-5-6-17(14(2)11-13)20-18(24)12-23-16(4)19(15(3)21-23)28(25,26)22-7-9-27-10-8-22/h5-6,11H,7-10,12H2,1-4H3,(H,20,24). The van der Waals surface area contributed by atoms with Crippen molar-refractivity contribution in [2.24, 2.45) is 0 Å². The molecule has 1 saturated heterocycles. The van der Waals surface area contributed by atoms with Crippen LogP contribution in [0.1, 0.15) is 22.5 Å². The van der Waals surface area contributed by atoms with Gasteiger partial charge in [-0.15, -0.1) is 0 Å². The second-order valence-corrected chi connectivity index (χ2v) is 8.92. The summed E-state index contributed by atoms with van der Waals surface area (Å²) in [6.07, 6.45) is 0. The van der Waals surface area contributed by atoms with Gasteiger partial charge in [-0.3, -0.25) is 9.48 Å². The van der Waals surface area contributed by atoms with E-state index in [9.17, 15) is 13.2 Å². The van der Waals surface area contributed by atoms with E-state index in [1.54, 1.807) is 13.8 Å². The number of rotatable bonds is 5. The molecule has 2 heterocycles. The first kappa shape index (κ1) is 20.5. The average molecular weight is 407 g/mol. The number of morpholine rings is 1. The molecule has 152 valence electrons. The quantitative estimate of drug-likeness (QED) is 0.817. The third-order valence-electron chi connectivity index (χ3n) is 4.83. The van der Waals surface area contributed by atoms with E-state index in [0.717, 1.165) is 16.8 Å². The maximum absolute atomic E-state index is 13.0. The Hall–Kier alpha value is -2.23. The topological polar surface area (TPSA) is 93.5 Å². The summed E-state index contributed by atoms with van der Waals surface area (Å²) in [6.45, 7) is 8.59. The minimum absolute atomic E-state index is 0.0569. The minimum Gasteiger partial charge on any atom is -0.379 e. The van der Waals surface area contributed by atoms with Gasteiger partial charge in [0.2, 0.25) is 15.9 Å². The number of nitrogens with one attached hydrogen (secondary N) is 1. The van der Waals surface area contributed by atoms with E-state index >= 15 is 0 Å². The Bertz CT molecular complexity index is 992. The van der Waals surface area contributed by atoms with Gasteiger partial charge < -0.3 is 10.1 Å². The molecule has 0 radical (unpaired) electrons. The molecule has 0 bridgehead atoms. The van der Waals surface area contributed by atoms with Crippen molar-refractivity contribution in [1.82, 2.24) is 14.1 Å². The van der Waals surface area contributed by atoms with Gasteiger partial charge in [-0.2, -0.15) is 9.40 Å². The number of carbonyl (C=O) groups excluding carboxylic acids is 1. The lowest BCUT2D eigenvalue weighted by atomic mass is 10.1. The molecule has 0 unspecified atom stereocenters. The first-order valence-electron chi connectivity index (χ1n) is 9.19. The molecule has 1 aromatic carbocycles. The van der Waals surface area contributed by atoms with Crippen molar-refractivity contribution in [2.45, 2.75) is 39.1 Å². The van der Waals surface area contributed by atoms with Gasteiger partial charge in [0.15, 0.2) is 0 Å². The molecular weight excluding hydrogens is 380 g/mol. The van der Waals surface area contributed by atoms with E-state index in [2.05, 4.69) is 10.4 Å². The first-order chi connectivity index (χ1) is 13.2. The van der Waals surface area contributed by atoms with Crippen molar-refractivity contribution in [2.75, 3.05) is 31.6 Å². The summed E-state index contributed by atoms with van der Waals surface area (Å²) < 4.78 is 34.1. The number of amides is 1. The summed E-state index contributed by atoms with van der Waals surface area (Å²) in [6, 6.07) is 5.78. The number of ether oxygens (including phenoxy) is 1. The Kier molecular flexibility index (Phi) is 5.87. The Morgan fingerprint density at radius 3 is 2.50 bits per heavy atom. The Balaban J connectivity index is 1.80. The van der Waals surface area contributed by atoms with Gasteiger partial charge in [-0.05, 0) is 39.3 Å². The van der Waals surface area contributed by atoms with Gasteiger partial charge >= 0.3 is 0 Å².